The smallest absolute Gasteiger partial charge is 0.216 e. The number of nitrogens with zero attached hydrogens (tertiary/aromatic N) is 18. The highest BCUT2D eigenvalue weighted by atomic mass is 15.1. The molecule has 9 aromatic carbocycles. The Hall–Kier alpha value is -16.6. The van der Waals surface area contributed by atoms with Crippen molar-refractivity contribution in [3.05, 3.63) is 323 Å². The molecule has 9 rings (SSSR count). The van der Waals surface area contributed by atoms with E-state index in [1.54, 1.807) is 62.3 Å². The van der Waals surface area contributed by atoms with E-state index in [1.807, 2.05) is 164 Å². The summed E-state index contributed by atoms with van der Waals surface area (Å²) in [4.78, 5) is 71.3. The molecule has 0 unspecified atom stereocenters. The second-order valence-electron chi connectivity index (χ2n) is 29.1. The fraction of sp³-hybridized carbons (Fsp3) is 0.273. The van der Waals surface area contributed by atoms with Crippen LogP contribution in [0.5, 0.6) is 0 Å². The first-order valence-corrected chi connectivity index (χ1v) is 43.5. The summed E-state index contributed by atoms with van der Waals surface area (Å²) >= 11 is 0. The number of amidine groups is 9. The van der Waals surface area contributed by atoms with Crippen molar-refractivity contribution in [2.24, 2.45) is 193 Å². The van der Waals surface area contributed by atoms with Crippen LogP contribution in [0.3, 0.4) is 0 Å². The summed E-state index contributed by atoms with van der Waals surface area (Å²) in [5, 5.41) is 0. The van der Waals surface area contributed by atoms with Crippen LogP contribution in [0.25, 0.3) is 0 Å². The van der Waals surface area contributed by atoms with Crippen molar-refractivity contribution in [1.82, 2.24) is 0 Å². The van der Waals surface area contributed by atoms with Crippen LogP contribution in [-0.2, 0) is 57.8 Å². The Kier molecular flexibility index (Phi) is 64.9. The van der Waals surface area contributed by atoms with E-state index in [0.717, 1.165) is 57.8 Å². The quantitative estimate of drug-likeness (QED) is 0.0170. The van der Waals surface area contributed by atoms with E-state index in [9.17, 15) is 0 Å². The molecular weight excluding hydrogens is 1690 g/mol. The van der Waals surface area contributed by atoms with Gasteiger partial charge in [-0.3, -0.25) is 44.9 Å². The Labute approximate surface area is 797 Å². The molecule has 0 fully saturated rings. The van der Waals surface area contributed by atoms with Gasteiger partial charge in [-0.1, -0.05) is 273 Å². The zero-order valence-corrected chi connectivity index (χ0v) is 79.7. The fourth-order valence-corrected chi connectivity index (χ4v) is 10.4. The van der Waals surface area contributed by atoms with Gasteiger partial charge >= 0.3 is 0 Å². The first-order chi connectivity index (χ1) is 64.6. The summed E-state index contributed by atoms with van der Waals surface area (Å²) in [6.07, 6.45) is 7.76. The molecule has 36 N–H and O–H groups in total. The third-order valence-corrected chi connectivity index (χ3v) is 16.3. The van der Waals surface area contributed by atoms with Crippen LogP contribution in [0.1, 0.15) is 112 Å². The van der Waals surface area contributed by atoms with Gasteiger partial charge in [-0.2, -0.15) is 0 Å². The van der Waals surface area contributed by atoms with E-state index >= 15 is 0 Å². The minimum Gasteiger partial charge on any atom is -0.387 e. The Morgan fingerprint density at radius 2 is 0.207 bits per heavy atom. The lowest BCUT2D eigenvalue weighted by molar-refractivity contribution is 0.962. The van der Waals surface area contributed by atoms with Crippen LogP contribution < -0.4 is 103 Å². The number of aliphatic imine (C=N–C) groups is 18. The maximum Gasteiger partial charge on any atom is 0.216 e. The lowest BCUT2D eigenvalue weighted by atomic mass is 10.2. The maximum atomic E-state index is 5.52. The largest absolute Gasteiger partial charge is 0.387 e. The molecular formula is C99H144N36. The van der Waals surface area contributed by atoms with Crippen molar-refractivity contribution in [1.29, 1.82) is 0 Å². The molecule has 0 heterocycles. The van der Waals surface area contributed by atoms with Gasteiger partial charge in [0.15, 0.2) is 0 Å². The first-order valence-electron chi connectivity index (χ1n) is 43.5. The molecule has 36 nitrogen and oxygen atoms in total. The highest BCUT2D eigenvalue weighted by molar-refractivity contribution is 5.97. The van der Waals surface area contributed by atoms with Gasteiger partial charge in [-0.05, 0) is 170 Å². The van der Waals surface area contributed by atoms with E-state index < -0.39 is 0 Å². The molecule has 0 aliphatic rings. The predicted molar refractivity (Wildman–Crippen MR) is 575 cm³/mol. The number of nitrogens with two attached hydrogens (primary N) is 18. The molecule has 0 spiro atoms. The summed E-state index contributed by atoms with van der Waals surface area (Å²) in [6, 6.07) is 91.0. The van der Waals surface area contributed by atoms with Crippen molar-refractivity contribution in [2.45, 2.75) is 120 Å². The predicted octanol–water partition coefficient (Wildman–Crippen LogP) is 8.29. The van der Waals surface area contributed by atoms with Gasteiger partial charge in [-0.15, -0.1) is 0 Å². The minimum absolute atomic E-state index is 0.242. The number of hydrogen-bond acceptors (Lipinski definition) is 9. The zero-order valence-electron chi connectivity index (χ0n) is 79.7. The van der Waals surface area contributed by atoms with Gasteiger partial charge in [0.05, 0.1) is 52.5 Å². The minimum atomic E-state index is 0.242. The lowest BCUT2D eigenvalue weighted by Crippen LogP contribution is -2.16. The molecule has 0 bridgehead atoms. The Bertz CT molecular complexity index is 4200. The lowest BCUT2D eigenvalue weighted by Gasteiger charge is -1.97. The number of benzene rings is 9. The number of guanidine groups is 9. The molecule has 36 heteroatoms. The van der Waals surface area contributed by atoms with Gasteiger partial charge in [0, 0.05) is 58.9 Å². The summed E-state index contributed by atoms with van der Waals surface area (Å²) in [5.74, 6) is 6.02. The van der Waals surface area contributed by atoms with Crippen LogP contribution in [0.15, 0.2) is 363 Å². The fourth-order valence-electron chi connectivity index (χ4n) is 10.4. The van der Waals surface area contributed by atoms with Crippen molar-refractivity contribution < 1.29 is 0 Å². The van der Waals surface area contributed by atoms with Gasteiger partial charge in [0.1, 0.15) is 0 Å². The van der Waals surface area contributed by atoms with Gasteiger partial charge < -0.3 is 103 Å². The third-order valence-electron chi connectivity index (χ3n) is 16.3. The summed E-state index contributed by atoms with van der Waals surface area (Å²) in [5.41, 5.74) is 109. The second kappa shape index (κ2) is 75.3. The van der Waals surface area contributed by atoms with E-state index in [4.69, 9.17) is 103 Å². The summed E-state index contributed by atoms with van der Waals surface area (Å²) in [7, 11) is 0. The first kappa shape index (κ1) is 116. The third kappa shape index (κ3) is 74.0. The van der Waals surface area contributed by atoms with Crippen molar-refractivity contribution in [3.8, 4) is 0 Å². The summed E-state index contributed by atoms with van der Waals surface area (Å²) in [6.45, 7) is 20.8. The standard InChI is InChI=1S/9C11H16N4/c9*1-9(12)15-11(13)14-8-7-10-5-3-2-4-6-10/h9*2-6H,7-8H2,1H3,(H4,12,13,14,15). The highest BCUT2D eigenvalue weighted by Gasteiger charge is 2.01. The summed E-state index contributed by atoms with van der Waals surface area (Å²) < 4.78 is 0. The van der Waals surface area contributed by atoms with Crippen LogP contribution in [0.2, 0.25) is 0 Å². The van der Waals surface area contributed by atoms with E-state index in [2.05, 4.69) is 199 Å². The molecule has 9 aromatic rings. The number of hydrogen-bond donors (Lipinski definition) is 18. The SMILES string of the molecule is C/C(N)=N/C(N)=NCCc1ccccc1.C/C(N)=N/C(N)=NCCc1ccccc1.C/C(N)=N/C(N)=NCCc1ccccc1.C/C(N)=N/C(N)=NCCc1ccccc1.C/C(N)=N/C(N)=NCCc1ccccc1.C/C(N)=N/C(N)=NCCc1ccccc1.C/C(N)=N/C(N)=NCCc1ccccc1.C/C(N)=N/C(N)=NCCc1ccccc1.C/C(N)=N/C(N)=NCCc1ccccc1. The number of rotatable bonds is 27. The Morgan fingerprint density at radius 1 is 0.133 bits per heavy atom. The maximum absolute atomic E-state index is 5.52. The zero-order chi connectivity index (χ0) is 99.9. The second-order valence-corrected chi connectivity index (χ2v) is 29.1. The van der Waals surface area contributed by atoms with Gasteiger partial charge in [0.25, 0.3) is 0 Å². The molecule has 720 valence electrons. The van der Waals surface area contributed by atoms with Crippen LogP contribution in [0.4, 0.5) is 0 Å². The van der Waals surface area contributed by atoms with E-state index in [1.165, 1.54) is 50.1 Å². The molecule has 0 radical (unpaired) electrons. The highest BCUT2D eigenvalue weighted by Crippen LogP contribution is 2.07. The molecule has 0 atom stereocenters. The molecule has 0 aromatic heterocycles. The van der Waals surface area contributed by atoms with E-state index in [-0.39, 0.29) is 53.6 Å². The monoisotopic (exact) mass is 1840 g/mol. The van der Waals surface area contributed by atoms with E-state index in [0.29, 0.717) is 111 Å². The van der Waals surface area contributed by atoms with Crippen LogP contribution >= 0.6 is 0 Å². The molecule has 0 aliphatic carbocycles. The topological polar surface area (TPSA) is 691 Å². The van der Waals surface area contributed by atoms with Crippen LogP contribution in [0, 0.1) is 0 Å². The Balaban J connectivity index is 0.000000759. The Morgan fingerprint density at radius 3 is 0.274 bits per heavy atom. The van der Waals surface area contributed by atoms with Gasteiger partial charge in [-0.25, -0.2) is 44.9 Å². The van der Waals surface area contributed by atoms with Gasteiger partial charge in [0.2, 0.25) is 53.6 Å². The van der Waals surface area contributed by atoms with Crippen molar-refractivity contribution >= 4 is 106 Å². The van der Waals surface area contributed by atoms with Crippen molar-refractivity contribution in [3.63, 3.8) is 0 Å². The molecule has 0 aliphatic heterocycles. The molecule has 135 heavy (non-hydrogen) atoms. The molecule has 0 saturated heterocycles. The normalized spacial score (nSPS) is 12.9. The van der Waals surface area contributed by atoms with Crippen LogP contribution in [-0.4, -0.2) is 165 Å². The van der Waals surface area contributed by atoms with Crippen molar-refractivity contribution in [2.75, 3.05) is 58.9 Å². The average molecular weight is 1840 g/mol. The molecule has 0 saturated carbocycles. The molecule has 0 amide bonds. The average Bonchev–Trinajstić information content (AvgIpc) is 0.985.